The fourth-order valence-electron chi connectivity index (χ4n) is 6.36. The number of carbonyl (C=O) groups is 1. The molecule has 0 aromatic heterocycles. The van der Waals surface area contributed by atoms with Gasteiger partial charge in [0.15, 0.2) is 6.29 Å². The number of carbonyl (C=O) groups excluding carboxylic acids is 1. The summed E-state index contributed by atoms with van der Waals surface area (Å²) in [5.74, 6) is 2.33. The number of amides is 1. The van der Waals surface area contributed by atoms with Crippen LogP contribution in [-0.4, -0.2) is 45.6 Å². The predicted molar refractivity (Wildman–Crippen MR) is 117 cm³/mol. The van der Waals surface area contributed by atoms with Gasteiger partial charge in [-0.2, -0.15) is 0 Å². The minimum Gasteiger partial charge on any atom is -0.497 e. The molecule has 31 heavy (non-hydrogen) atoms. The summed E-state index contributed by atoms with van der Waals surface area (Å²) in [6.07, 6.45) is 2.81. The Kier molecular flexibility index (Phi) is 5.96. The maximum absolute atomic E-state index is 11.9. The van der Waals surface area contributed by atoms with Crippen molar-refractivity contribution in [2.45, 2.75) is 58.5 Å². The molecule has 1 aliphatic heterocycles. The third-order valence-corrected chi connectivity index (χ3v) is 8.44. The molecule has 2 saturated carbocycles. The first kappa shape index (κ1) is 22.4. The van der Waals surface area contributed by atoms with Gasteiger partial charge in [0.25, 0.3) is 0 Å². The molecular formula is C24H36N2O5. The Morgan fingerprint density at radius 2 is 2.06 bits per heavy atom. The van der Waals surface area contributed by atoms with Crippen molar-refractivity contribution in [3.05, 3.63) is 23.8 Å². The van der Waals surface area contributed by atoms with Gasteiger partial charge in [0.05, 0.1) is 26.9 Å². The topological polar surface area (TPSA) is 92.0 Å². The summed E-state index contributed by atoms with van der Waals surface area (Å²) in [4.78, 5) is 11.9. The average molecular weight is 433 g/mol. The molecule has 1 amide bonds. The molecule has 3 aliphatic rings. The molecule has 1 heterocycles. The number of hydrogen-bond acceptors (Lipinski definition) is 6. The summed E-state index contributed by atoms with van der Waals surface area (Å²) in [5, 5.41) is 2.85. The molecule has 3 fully saturated rings. The molecule has 2 bridgehead atoms. The lowest BCUT2D eigenvalue weighted by Gasteiger charge is -2.39. The predicted octanol–water partition coefficient (Wildman–Crippen LogP) is 3.02. The van der Waals surface area contributed by atoms with E-state index in [1.54, 1.807) is 14.2 Å². The van der Waals surface area contributed by atoms with E-state index in [0.717, 1.165) is 12.0 Å². The van der Waals surface area contributed by atoms with Gasteiger partial charge < -0.3 is 30.0 Å². The van der Waals surface area contributed by atoms with Gasteiger partial charge in [0.1, 0.15) is 17.6 Å². The zero-order valence-corrected chi connectivity index (χ0v) is 19.3. The Labute approximate surface area is 184 Å². The van der Waals surface area contributed by atoms with E-state index in [4.69, 9.17) is 24.7 Å². The number of hydrogen-bond donors (Lipinski definition) is 2. The Balaban J connectivity index is 1.55. The van der Waals surface area contributed by atoms with Gasteiger partial charge in [-0.25, -0.2) is 0 Å². The number of nitrogens with one attached hydrogen (secondary N) is 1. The molecule has 2 aliphatic carbocycles. The van der Waals surface area contributed by atoms with E-state index in [1.165, 1.54) is 12.8 Å². The summed E-state index contributed by atoms with van der Waals surface area (Å²) in [6.45, 7) is 7.38. The Morgan fingerprint density at radius 1 is 1.29 bits per heavy atom. The molecule has 1 aromatic carbocycles. The molecule has 172 valence electrons. The van der Waals surface area contributed by atoms with Crippen LogP contribution >= 0.6 is 0 Å². The maximum Gasteiger partial charge on any atom is 0.233 e. The molecule has 6 atom stereocenters. The maximum atomic E-state index is 11.9. The number of rotatable bonds is 8. The van der Waals surface area contributed by atoms with E-state index in [9.17, 15) is 4.79 Å². The highest BCUT2D eigenvalue weighted by atomic mass is 16.7. The summed E-state index contributed by atoms with van der Waals surface area (Å²) < 4.78 is 24.0. The third kappa shape index (κ3) is 3.60. The second-order valence-corrected chi connectivity index (χ2v) is 9.91. The average Bonchev–Trinajstić information content (AvgIpc) is 3.33. The fourth-order valence-corrected chi connectivity index (χ4v) is 6.36. The van der Waals surface area contributed by atoms with Crippen LogP contribution in [0, 0.1) is 22.7 Å². The van der Waals surface area contributed by atoms with Crippen molar-refractivity contribution in [3.8, 4) is 11.5 Å². The molecule has 1 aromatic rings. The van der Waals surface area contributed by atoms with E-state index in [-0.39, 0.29) is 42.2 Å². The first-order valence-electron chi connectivity index (χ1n) is 11.2. The first-order chi connectivity index (χ1) is 14.7. The van der Waals surface area contributed by atoms with Gasteiger partial charge in [-0.05, 0) is 53.7 Å². The van der Waals surface area contributed by atoms with Gasteiger partial charge >= 0.3 is 0 Å². The van der Waals surface area contributed by atoms with Crippen LogP contribution in [0.25, 0.3) is 0 Å². The summed E-state index contributed by atoms with van der Waals surface area (Å²) >= 11 is 0. The summed E-state index contributed by atoms with van der Waals surface area (Å²) in [5.41, 5.74) is 6.76. The van der Waals surface area contributed by atoms with Gasteiger partial charge in [-0.1, -0.05) is 20.8 Å². The highest BCUT2D eigenvalue weighted by Gasteiger charge is 2.69. The second kappa shape index (κ2) is 8.26. The number of ether oxygens (including phenoxy) is 4. The summed E-state index contributed by atoms with van der Waals surface area (Å²) in [6, 6.07) is 5.58. The molecular weight excluding hydrogens is 396 g/mol. The van der Waals surface area contributed by atoms with E-state index in [0.29, 0.717) is 23.3 Å². The standard InChI is InChI=1S/C24H36N2O5/c1-23(2)17-8-9-24(23,3)22-15(17)11-21(31-22)30-19(13-26-20(27)12-25)16-10-14(28-4)6-7-18(16)29-5/h6-7,10,15,17,19,21-22H,8-9,11-13,25H2,1-5H3,(H,26,27)/t15-,17-,19-,21-,22-,24+/m1/s1. The number of fused-ring (bicyclic) bond motifs is 5. The van der Waals surface area contributed by atoms with E-state index in [2.05, 4.69) is 26.1 Å². The molecule has 0 radical (unpaired) electrons. The lowest BCUT2D eigenvalue weighted by Crippen LogP contribution is -2.38. The molecule has 0 unspecified atom stereocenters. The number of methoxy groups -OCH3 is 2. The highest BCUT2D eigenvalue weighted by Crippen LogP contribution is 2.71. The van der Waals surface area contributed by atoms with Crippen molar-refractivity contribution < 1.29 is 23.7 Å². The Bertz CT molecular complexity index is 828. The van der Waals surface area contributed by atoms with Crippen molar-refractivity contribution in [1.29, 1.82) is 0 Å². The van der Waals surface area contributed by atoms with E-state index < -0.39 is 6.10 Å². The molecule has 7 nitrogen and oxygen atoms in total. The van der Waals surface area contributed by atoms with Crippen LogP contribution in [0.3, 0.4) is 0 Å². The molecule has 7 heteroatoms. The van der Waals surface area contributed by atoms with Crippen LogP contribution in [0.4, 0.5) is 0 Å². The smallest absolute Gasteiger partial charge is 0.233 e. The third-order valence-electron chi connectivity index (χ3n) is 8.44. The zero-order chi connectivity index (χ0) is 22.4. The molecule has 3 N–H and O–H groups in total. The number of nitrogens with two attached hydrogens (primary N) is 1. The fraction of sp³-hybridized carbons (Fsp3) is 0.708. The second-order valence-electron chi connectivity index (χ2n) is 9.91. The lowest BCUT2D eigenvalue weighted by molar-refractivity contribution is -0.187. The summed E-state index contributed by atoms with van der Waals surface area (Å²) in [7, 11) is 3.25. The lowest BCUT2D eigenvalue weighted by atomic mass is 9.70. The van der Waals surface area contributed by atoms with Gasteiger partial charge in [-0.15, -0.1) is 0 Å². The first-order valence-corrected chi connectivity index (χ1v) is 11.2. The molecule has 1 saturated heterocycles. The quantitative estimate of drug-likeness (QED) is 0.656. The van der Waals surface area contributed by atoms with Crippen LogP contribution in [0.1, 0.15) is 51.7 Å². The van der Waals surface area contributed by atoms with Crippen molar-refractivity contribution in [2.75, 3.05) is 27.3 Å². The minimum absolute atomic E-state index is 0.0683. The van der Waals surface area contributed by atoms with Gasteiger partial charge in [0, 0.05) is 18.5 Å². The SMILES string of the molecule is COc1ccc(OC)c([C@@H](CNC(=O)CN)O[C@H]2C[C@@H]3[C@H]4CC[C@@](C)([C@@H]3O2)C4(C)C)c1. The zero-order valence-electron chi connectivity index (χ0n) is 19.3. The van der Waals surface area contributed by atoms with Gasteiger partial charge in [0.2, 0.25) is 5.91 Å². The normalized spacial score (nSPS) is 33.7. The van der Waals surface area contributed by atoms with Crippen molar-refractivity contribution in [2.24, 2.45) is 28.4 Å². The van der Waals surface area contributed by atoms with Crippen LogP contribution < -0.4 is 20.5 Å². The highest BCUT2D eigenvalue weighted by molar-refractivity contribution is 5.77. The van der Waals surface area contributed by atoms with E-state index >= 15 is 0 Å². The minimum atomic E-state index is -0.442. The monoisotopic (exact) mass is 432 g/mol. The van der Waals surface area contributed by atoms with Crippen molar-refractivity contribution >= 4 is 5.91 Å². The van der Waals surface area contributed by atoms with Gasteiger partial charge in [-0.3, -0.25) is 4.79 Å². The Hall–Kier alpha value is -1.83. The number of benzene rings is 1. The van der Waals surface area contributed by atoms with Crippen LogP contribution in [0.15, 0.2) is 18.2 Å². The van der Waals surface area contributed by atoms with Crippen LogP contribution in [0.2, 0.25) is 0 Å². The largest absolute Gasteiger partial charge is 0.497 e. The van der Waals surface area contributed by atoms with Crippen LogP contribution in [-0.2, 0) is 14.3 Å². The van der Waals surface area contributed by atoms with Crippen molar-refractivity contribution in [1.82, 2.24) is 5.32 Å². The molecule has 0 spiro atoms. The molecule has 4 rings (SSSR count). The van der Waals surface area contributed by atoms with E-state index in [1.807, 2.05) is 18.2 Å². The van der Waals surface area contributed by atoms with Crippen molar-refractivity contribution in [3.63, 3.8) is 0 Å². The Morgan fingerprint density at radius 3 is 2.71 bits per heavy atom. The van der Waals surface area contributed by atoms with Crippen LogP contribution in [0.5, 0.6) is 11.5 Å².